The Bertz CT molecular complexity index is 1670. The average Bonchev–Trinajstić information content (AvgIpc) is 3.41. The molecule has 214 valence electrons. The number of morpholine rings is 1. The lowest BCUT2D eigenvalue weighted by molar-refractivity contribution is 0.0700. The highest BCUT2D eigenvalue weighted by Gasteiger charge is 2.47. The van der Waals surface area contributed by atoms with Crippen molar-refractivity contribution in [2.24, 2.45) is 24.6 Å². The van der Waals surface area contributed by atoms with Crippen molar-refractivity contribution < 1.29 is 14.3 Å². The van der Waals surface area contributed by atoms with E-state index >= 15 is 0 Å². The number of aromatic nitrogens is 4. The highest BCUT2D eigenvalue weighted by molar-refractivity contribution is 6.00. The number of hydrogen-bond donors (Lipinski definition) is 1. The lowest BCUT2D eigenvalue weighted by atomic mass is 10.1. The number of carbonyl (C=O) groups excluding carboxylic acids is 1. The van der Waals surface area contributed by atoms with Crippen LogP contribution in [0.1, 0.15) is 36.0 Å². The molecule has 4 fully saturated rings. The SMILES string of the molecule is COc1cc(C(=O)N2C[C@H]3CCC2C3N)cc2nc(-c3cc4ccc(N5CCOCC5)nc4n3CC3CC3)n(C)c12. The zero-order chi connectivity index (χ0) is 27.8. The van der Waals surface area contributed by atoms with Gasteiger partial charge >= 0.3 is 0 Å². The Morgan fingerprint density at radius 3 is 2.63 bits per heavy atom. The molecule has 4 aromatic rings. The van der Waals surface area contributed by atoms with E-state index in [4.69, 9.17) is 25.2 Å². The number of rotatable bonds is 6. The second-order valence-corrected chi connectivity index (χ2v) is 12.2. The van der Waals surface area contributed by atoms with Gasteiger partial charge in [-0.15, -0.1) is 0 Å². The molecule has 0 radical (unpaired) electrons. The largest absolute Gasteiger partial charge is 0.494 e. The number of hydrogen-bond acceptors (Lipinski definition) is 7. The van der Waals surface area contributed by atoms with Crippen LogP contribution >= 0.6 is 0 Å². The Kier molecular flexibility index (Phi) is 5.79. The maximum Gasteiger partial charge on any atom is 0.254 e. The van der Waals surface area contributed by atoms with Gasteiger partial charge in [-0.2, -0.15) is 0 Å². The quantitative estimate of drug-likeness (QED) is 0.389. The first-order chi connectivity index (χ1) is 20.0. The predicted molar refractivity (Wildman–Crippen MR) is 157 cm³/mol. The molecule has 2 N–H and O–H groups in total. The van der Waals surface area contributed by atoms with E-state index in [0.29, 0.717) is 23.1 Å². The van der Waals surface area contributed by atoms with Crippen molar-refractivity contribution in [2.45, 2.75) is 44.3 Å². The first-order valence-corrected chi connectivity index (χ1v) is 14.9. The van der Waals surface area contributed by atoms with Crippen molar-refractivity contribution in [3.8, 4) is 17.3 Å². The molecule has 2 unspecified atom stereocenters. The van der Waals surface area contributed by atoms with E-state index in [2.05, 4.69) is 32.2 Å². The van der Waals surface area contributed by atoms with Crippen LogP contribution in [-0.2, 0) is 18.3 Å². The molecule has 41 heavy (non-hydrogen) atoms. The number of anilines is 1. The summed E-state index contributed by atoms with van der Waals surface area (Å²) < 4.78 is 15.9. The molecule has 1 amide bonds. The van der Waals surface area contributed by atoms with Crippen molar-refractivity contribution in [3.63, 3.8) is 0 Å². The van der Waals surface area contributed by atoms with Crippen LogP contribution in [0.25, 0.3) is 33.6 Å². The third-order valence-corrected chi connectivity index (χ3v) is 9.75. The predicted octanol–water partition coefficient (Wildman–Crippen LogP) is 3.41. The minimum absolute atomic E-state index is 0.0164. The van der Waals surface area contributed by atoms with Crippen molar-refractivity contribution in [1.82, 2.24) is 24.0 Å². The minimum Gasteiger partial charge on any atom is -0.494 e. The Hall–Kier alpha value is -3.63. The Morgan fingerprint density at radius 2 is 1.93 bits per heavy atom. The molecule has 2 aliphatic heterocycles. The summed E-state index contributed by atoms with van der Waals surface area (Å²) in [5.74, 6) is 3.57. The molecule has 5 heterocycles. The molecule has 10 heteroatoms. The number of aryl methyl sites for hydroxylation is 1. The Morgan fingerprint density at radius 1 is 1.10 bits per heavy atom. The number of ether oxygens (including phenoxy) is 2. The fraction of sp³-hybridized carbons (Fsp3) is 0.516. The number of likely N-dealkylation sites (tertiary alicyclic amines) is 1. The van der Waals surface area contributed by atoms with Gasteiger partial charge in [-0.05, 0) is 67.9 Å². The number of pyridine rings is 1. The molecule has 8 rings (SSSR count). The van der Waals surface area contributed by atoms with Crippen LogP contribution in [0.3, 0.4) is 0 Å². The van der Waals surface area contributed by atoms with Gasteiger partial charge in [0.05, 0.1) is 31.5 Å². The number of carbonyl (C=O) groups is 1. The number of imidazole rings is 1. The number of nitrogens with two attached hydrogens (primary N) is 1. The van der Waals surface area contributed by atoms with Gasteiger partial charge in [0.2, 0.25) is 0 Å². The second kappa shape index (κ2) is 9.46. The van der Waals surface area contributed by atoms with Crippen LogP contribution in [0.4, 0.5) is 5.82 Å². The molecular formula is C31H37N7O3. The fourth-order valence-electron chi connectivity index (χ4n) is 7.28. The van der Waals surface area contributed by atoms with E-state index in [-0.39, 0.29) is 18.0 Å². The van der Waals surface area contributed by atoms with Crippen LogP contribution in [0.2, 0.25) is 0 Å². The summed E-state index contributed by atoms with van der Waals surface area (Å²) in [5, 5.41) is 1.10. The standard InChI is InChI=1S/C31H37N7O3/c1-35-28-22(13-21(15-25(28)40-2)31(39)38-17-20-5-7-23(38)27(20)32)33-30(35)24-14-19-6-8-26(36-9-11-41-12-10-36)34-29(19)37(24)16-18-3-4-18/h6,8,13-15,18,20,23,27H,3-5,7,9-12,16-17,32H2,1-2H3/t20-,23?,27?/m1/s1. The summed E-state index contributed by atoms with van der Waals surface area (Å²) in [7, 11) is 3.68. The number of methoxy groups -OCH3 is 1. The van der Waals surface area contributed by atoms with E-state index in [1.54, 1.807) is 7.11 Å². The maximum atomic E-state index is 13.7. The van der Waals surface area contributed by atoms with E-state index in [0.717, 1.165) is 91.6 Å². The number of benzene rings is 1. The van der Waals surface area contributed by atoms with E-state index in [1.807, 2.05) is 24.1 Å². The molecule has 10 nitrogen and oxygen atoms in total. The topological polar surface area (TPSA) is 104 Å². The lowest BCUT2D eigenvalue weighted by Crippen LogP contribution is -2.41. The van der Waals surface area contributed by atoms with Gasteiger partial charge in [0.1, 0.15) is 22.7 Å². The molecule has 0 spiro atoms. The van der Waals surface area contributed by atoms with Gasteiger partial charge in [0.15, 0.2) is 5.82 Å². The van der Waals surface area contributed by atoms with Gasteiger partial charge in [0, 0.05) is 56.3 Å². The summed E-state index contributed by atoms with van der Waals surface area (Å²) in [6.45, 7) is 4.81. The molecule has 2 bridgehead atoms. The zero-order valence-electron chi connectivity index (χ0n) is 23.8. The molecule has 2 saturated carbocycles. The van der Waals surface area contributed by atoms with Crippen LogP contribution in [0.15, 0.2) is 30.3 Å². The fourth-order valence-corrected chi connectivity index (χ4v) is 7.28. The Labute approximate surface area is 239 Å². The number of nitrogens with zero attached hydrogens (tertiary/aromatic N) is 6. The molecular weight excluding hydrogens is 518 g/mol. The third-order valence-electron chi connectivity index (χ3n) is 9.75. The summed E-state index contributed by atoms with van der Waals surface area (Å²) >= 11 is 0. The van der Waals surface area contributed by atoms with Crippen LogP contribution in [0.5, 0.6) is 5.75 Å². The number of amides is 1. The zero-order valence-corrected chi connectivity index (χ0v) is 23.8. The summed E-state index contributed by atoms with van der Waals surface area (Å²) in [4.78, 5) is 28.2. The molecule has 3 aromatic heterocycles. The summed E-state index contributed by atoms with van der Waals surface area (Å²) in [6.07, 6.45) is 4.58. The first kappa shape index (κ1) is 25.1. The lowest BCUT2D eigenvalue weighted by Gasteiger charge is -2.27. The van der Waals surface area contributed by atoms with Gasteiger partial charge < -0.3 is 34.1 Å². The van der Waals surface area contributed by atoms with Crippen molar-refractivity contribution in [3.05, 3.63) is 35.9 Å². The molecule has 2 aliphatic carbocycles. The summed E-state index contributed by atoms with van der Waals surface area (Å²) in [5.41, 5.74) is 10.7. The monoisotopic (exact) mass is 555 g/mol. The van der Waals surface area contributed by atoms with E-state index in [9.17, 15) is 4.79 Å². The van der Waals surface area contributed by atoms with E-state index in [1.165, 1.54) is 12.8 Å². The molecule has 2 saturated heterocycles. The highest BCUT2D eigenvalue weighted by Crippen LogP contribution is 2.40. The molecule has 4 aliphatic rings. The first-order valence-electron chi connectivity index (χ1n) is 14.9. The third kappa shape index (κ3) is 4.02. The van der Waals surface area contributed by atoms with Crippen molar-refractivity contribution in [1.29, 1.82) is 0 Å². The van der Waals surface area contributed by atoms with Crippen LogP contribution < -0.4 is 15.4 Å². The highest BCUT2D eigenvalue weighted by atomic mass is 16.5. The van der Waals surface area contributed by atoms with Crippen LogP contribution in [-0.4, -0.2) is 82.0 Å². The molecule has 3 atom stereocenters. The van der Waals surface area contributed by atoms with E-state index < -0.39 is 0 Å². The summed E-state index contributed by atoms with van der Waals surface area (Å²) in [6, 6.07) is 10.5. The van der Waals surface area contributed by atoms with Crippen molar-refractivity contribution >= 4 is 33.8 Å². The van der Waals surface area contributed by atoms with Crippen LogP contribution in [0, 0.1) is 11.8 Å². The molecule has 1 aromatic carbocycles. The number of piperidine rings is 1. The number of fused-ring (bicyclic) bond motifs is 4. The van der Waals surface area contributed by atoms with Gasteiger partial charge in [-0.1, -0.05) is 0 Å². The second-order valence-electron chi connectivity index (χ2n) is 12.2. The average molecular weight is 556 g/mol. The Balaban J connectivity index is 1.22. The normalized spacial score (nSPS) is 24.2. The van der Waals surface area contributed by atoms with Crippen molar-refractivity contribution in [2.75, 3.05) is 44.9 Å². The minimum atomic E-state index is 0.0164. The van der Waals surface area contributed by atoms with Gasteiger partial charge in [-0.3, -0.25) is 4.79 Å². The van der Waals surface area contributed by atoms with Gasteiger partial charge in [0.25, 0.3) is 5.91 Å². The smallest absolute Gasteiger partial charge is 0.254 e. The maximum absolute atomic E-state index is 13.7. The van der Waals surface area contributed by atoms with Gasteiger partial charge in [-0.25, -0.2) is 9.97 Å².